The summed E-state index contributed by atoms with van der Waals surface area (Å²) in [6.45, 7) is 3.71. The summed E-state index contributed by atoms with van der Waals surface area (Å²) < 4.78 is 31.7. The fraction of sp³-hybridized carbons (Fsp3) is 0.250. The first-order valence-electron chi connectivity index (χ1n) is 7.78. The molecule has 1 aromatic carbocycles. The number of nitrogens with one attached hydrogen (secondary N) is 1. The van der Waals surface area contributed by atoms with Crippen LogP contribution in [0.4, 0.5) is 5.82 Å². The van der Waals surface area contributed by atoms with Gasteiger partial charge in [0.25, 0.3) is 10.0 Å². The lowest BCUT2D eigenvalue weighted by molar-refractivity contribution is 0.599. The Hall–Kier alpha value is -1.55. The molecule has 3 rings (SSSR count). The van der Waals surface area contributed by atoms with Gasteiger partial charge in [-0.2, -0.15) is 10.2 Å². The van der Waals surface area contributed by atoms with E-state index in [2.05, 4.69) is 30.8 Å². The molecule has 0 spiro atoms. The van der Waals surface area contributed by atoms with Gasteiger partial charge < -0.3 is 0 Å². The second-order valence-corrected chi connectivity index (χ2v) is 9.31. The van der Waals surface area contributed by atoms with E-state index in [-0.39, 0.29) is 10.7 Å². The molecule has 0 atom stereocenters. The van der Waals surface area contributed by atoms with Gasteiger partial charge in [0, 0.05) is 23.3 Å². The number of hydrogen-bond acceptors (Lipinski definition) is 4. The van der Waals surface area contributed by atoms with Crippen molar-refractivity contribution in [1.29, 1.82) is 0 Å². The van der Waals surface area contributed by atoms with Gasteiger partial charge in [0.1, 0.15) is 4.90 Å². The molecule has 2 heterocycles. The number of benzene rings is 1. The molecule has 0 unspecified atom stereocenters. The summed E-state index contributed by atoms with van der Waals surface area (Å²) in [5.41, 5.74) is 1.78. The van der Waals surface area contributed by atoms with E-state index in [1.165, 1.54) is 4.68 Å². The van der Waals surface area contributed by atoms with Crippen LogP contribution in [-0.4, -0.2) is 28.0 Å². The Labute approximate surface area is 175 Å². The molecular formula is C16H16BrCl2N5O2S. The molecule has 7 nitrogen and oxygen atoms in total. The van der Waals surface area contributed by atoms with Crippen molar-refractivity contribution in [3.05, 3.63) is 55.9 Å². The van der Waals surface area contributed by atoms with Crippen molar-refractivity contribution in [2.24, 2.45) is 7.05 Å². The molecule has 0 radical (unpaired) electrons. The molecule has 11 heteroatoms. The fourth-order valence-corrected chi connectivity index (χ4v) is 5.17. The fourth-order valence-electron chi connectivity index (χ4n) is 2.69. The number of anilines is 1. The lowest BCUT2D eigenvalue weighted by atomic mass is 10.2. The van der Waals surface area contributed by atoms with Gasteiger partial charge in [0.2, 0.25) is 0 Å². The van der Waals surface area contributed by atoms with Gasteiger partial charge in [0.05, 0.1) is 22.4 Å². The Morgan fingerprint density at radius 2 is 1.93 bits per heavy atom. The van der Waals surface area contributed by atoms with Gasteiger partial charge >= 0.3 is 0 Å². The van der Waals surface area contributed by atoms with Crippen LogP contribution >= 0.6 is 39.1 Å². The number of aromatic nitrogens is 4. The first-order chi connectivity index (χ1) is 12.6. The standard InChI is InChI=1S/C16H16BrCl2N5O2S/c1-9-15(10(2)23(3)20-9)27(25,26)22-16-13(17)8-24(21-16)7-11-4-5-12(18)6-14(11)19/h4-6,8H,7H2,1-3H3,(H,21,22). The predicted octanol–water partition coefficient (Wildman–Crippen LogP) is 4.15. The number of aryl methyl sites for hydroxylation is 2. The number of hydrogen-bond donors (Lipinski definition) is 1. The van der Waals surface area contributed by atoms with Crippen LogP contribution in [0, 0.1) is 13.8 Å². The highest BCUT2D eigenvalue weighted by molar-refractivity contribution is 9.10. The Bertz CT molecular complexity index is 1120. The van der Waals surface area contributed by atoms with Crippen LogP contribution in [0.25, 0.3) is 0 Å². The van der Waals surface area contributed by atoms with Crippen molar-refractivity contribution in [3.8, 4) is 0 Å². The molecule has 0 saturated heterocycles. The van der Waals surface area contributed by atoms with Crippen molar-refractivity contribution in [3.63, 3.8) is 0 Å². The molecule has 0 bridgehead atoms. The Balaban J connectivity index is 1.88. The van der Waals surface area contributed by atoms with E-state index < -0.39 is 10.0 Å². The van der Waals surface area contributed by atoms with E-state index in [1.54, 1.807) is 50.0 Å². The van der Waals surface area contributed by atoms with Gasteiger partial charge in [-0.05, 0) is 47.5 Å². The first kappa shape index (κ1) is 20.2. The van der Waals surface area contributed by atoms with Crippen LogP contribution in [0.2, 0.25) is 10.0 Å². The average molecular weight is 493 g/mol. The molecule has 0 aliphatic heterocycles. The average Bonchev–Trinajstić information content (AvgIpc) is 3.01. The predicted molar refractivity (Wildman–Crippen MR) is 109 cm³/mol. The quantitative estimate of drug-likeness (QED) is 0.579. The van der Waals surface area contributed by atoms with Gasteiger partial charge in [0.15, 0.2) is 5.82 Å². The molecule has 0 aliphatic carbocycles. The van der Waals surface area contributed by atoms with Gasteiger partial charge in [-0.1, -0.05) is 29.3 Å². The van der Waals surface area contributed by atoms with Gasteiger partial charge in [-0.3, -0.25) is 14.1 Å². The zero-order valence-corrected chi connectivity index (χ0v) is 18.6. The molecular weight excluding hydrogens is 477 g/mol. The second-order valence-electron chi connectivity index (χ2n) is 5.99. The molecule has 3 aromatic rings. The molecule has 27 heavy (non-hydrogen) atoms. The zero-order chi connectivity index (χ0) is 19.9. The third-order valence-electron chi connectivity index (χ3n) is 4.01. The highest BCUT2D eigenvalue weighted by Crippen LogP contribution is 2.27. The molecule has 0 amide bonds. The maximum Gasteiger partial charge on any atom is 0.266 e. The normalized spacial score (nSPS) is 11.8. The van der Waals surface area contributed by atoms with Crippen molar-refractivity contribution >= 4 is 55.0 Å². The zero-order valence-electron chi connectivity index (χ0n) is 14.7. The van der Waals surface area contributed by atoms with Crippen molar-refractivity contribution in [2.75, 3.05) is 4.72 Å². The van der Waals surface area contributed by atoms with Crippen LogP contribution in [-0.2, 0) is 23.6 Å². The smallest absolute Gasteiger partial charge is 0.266 e. The minimum atomic E-state index is -3.83. The van der Waals surface area contributed by atoms with E-state index in [0.29, 0.717) is 32.5 Å². The van der Waals surface area contributed by atoms with E-state index in [1.807, 2.05) is 0 Å². The highest BCUT2D eigenvalue weighted by atomic mass is 79.9. The van der Waals surface area contributed by atoms with Crippen LogP contribution in [0.15, 0.2) is 33.8 Å². The van der Waals surface area contributed by atoms with E-state index in [9.17, 15) is 8.42 Å². The van der Waals surface area contributed by atoms with E-state index in [0.717, 1.165) is 5.56 Å². The summed E-state index contributed by atoms with van der Waals surface area (Å²) >= 11 is 15.4. The molecule has 2 aromatic heterocycles. The minimum absolute atomic E-state index is 0.146. The summed E-state index contributed by atoms with van der Waals surface area (Å²) in [6, 6.07) is 5.18. The topological polar surface area (TPSA) is 81.8 Å². The number of halogens is 3. The van der Waals surface area contributed by atoms with Crippen LogP contribution < -0.4 is 4.72 Å². The molecule has 0 aliphatic rings. The second kappa shape index (κ2) is 7.46. The Morgan fingerprint density at radius 3 is 2.52 bits per heavy atom. The Kier molecular flexibility index (Phi) is 5.58. The largest absolute Gasteiger partial charge is 0.271 e. The Morgan fingerprint density at radius 1 is 1.22 bits per heavy atom. The molecule has 1 N–H and O–H groups in total. The SMILES string of the molecule is Cc1nn(C)c(C)c1S(=O)(=O)Nc1nn(Cc2ccc(Cl)cc2Cl)cc1Br. The highest BCUT2D eigenvalue weighted by Gasteiger charge is 2.25. The summed E-state index contributed by atoms with van der Waals surface area (Å²) in [6.07, 6.45) is 1.67. The lowest BCUT2D eigenvalue weighted by Crippen LogP contribution is -2.16. The number of nitrogens with zero attached hydrogens (tertiary/aromatic N) is 4. The lowest BCUT2D eigenvalue weighted by Gasteiger charge is -2.07. The van der Waals surface area contributed by atoms with Crippen molar-refractivity contribution in [1.82, 2.24) is 19.6 Å². The van der Waals surface area contributed by atoms with Crippen LogP contribution in [0.1, 0.15) is 17.0 Å². The monoisotopic (exact) mass is 491 g/mol. The summed E-state index contributed by atoms with van der Waals surface area (Å²) in [5.74, 6) is 0.183. The third kappa shape index (κ3) is 4.16. The van der Waals surface area contributed by atoms with Gasteiger partial charge in [-0.25, -0.2) is 8.42 Å². The molecule has 0 fully saturated rings. The van der Waals surface area contributed by atoms with E-state index >= 15 is 0 Å². The maximum atomic E-state index is 12.8. The van der Waals surface area contributed by atoms with Gasteiger partial charge in [-0.15, -0.1) is 0 Å². The first-order valence-corrected chi connectivity index (χ1v) is 10.8. The summed E-state index contributed by atoms with van der Waals surface area (Å²) in [7, 11) is -2.14. The van der Waals surface area contributed by atoms with E-state index in [4.69, 9.17) is 23.2 Å². The third-order valence-corrected chi connectivity index (χ3v) is 6.76. The maximum absolute atomic E-state index is 12.8. The minimum Gasteiger partial charge on any atom is -0.271 e. The molecule has 144 valence electrons. The van der Waals surface area contributed by atoms with Crippen LogP contribution in [0.3, 0.4) is 0 Å². The number of rotatable bonds is 5. The molecule has 0 saturated carbocycles. The van der Waals surface area contributed by atoms with Crippen molar-refractivity contribution < 1.29 is 8.42 Å². The van der Waals surface area contributed by atoms with Crippen molar-refractivity contribution in [2.45, 2.75) is 25.3 Å². The van der Waals surface area contributed by atoms with Crippen LogP contribution in [0.5, 0.6) is 0 Å². The number of sulfonamides is 1. The summed E-state index contributed by atoms with van der Waals surface area (Å²) in [4.78, 5) is 0.146. The summed E-state index contributed by atoms with van der Waals surface area (Å²) in [5, 5.41) is 9.51.